The molecule has 2 aliphatic rings. The monoisotopic (exact) mass is 313 g/mol. The van der Waals surface area contributed by atoms with Gasteiger partial charge >= 0.3 is 6.03 Å². The first-order valence-electron chi connectivity index (χ1n) is 8.42. The van der Waals surface area contributed by atoms with Gasteiger partial charge in [-0.15, -0.1) is 0 Å². The highest BCUT2D eigenvalue weighted by atomic mass is 16.5. The molecule has 122 valence electrons. The van der Waals surface area contributed by atoms with Crippen molar-refractivity contribution < 1.29 is 9.53 Å². The molecule has 4 rings (SSSR count). The third kappa shape index (κ3) is 2.70. The van der Waals surface area contributed by atoms with E-state index in [1.165, 1.54) is 22.0 Å². The number of carbonyl (C=O) groups excluding carboxylic acids is 1. The normalized spacial score (nSPS) is 20.7. The number of aromatic nitrogens is 1. The highest BCUT2D eigenvalue weighted by Gasteiger charge is 2.23. The molecule has 5 nitrogen and oxygen atoms in total. The highest BCUT2D eigenvalue weighted by molar-refractivity contribution is 5.88. The van der Waals surface area contributed by atoms with Gasteiger partial charge in [0.25, 0.3) is 0 Å². The Hall–Kier alpha value is -2.01. The lowest BCUT2D eigenvalue weighted by Crippen LogP contribution is -2.42. The minimum atomic E-state index is 0.0204. The second kappa shape index (κ2) is 5.89. The van der Waals surface area contributed by atoms with E-state index < -0.39 is 0 Å². The van der Waals surface area contributed by atoms with E-state index in [-0.39, 0.29) is 12.1 Å². The SMILES string of the molecule is Cn1cc2c3c(cccc31)CN(C(=O)NCC1CCCO1)CC2. The molecule has 1 saturated heterocycles. The highest BCUT2D eigenvalue weighted by Crippen LogP contribution is 2.28. The average Bonchev–Trinajstić information content (AvgIpc) is 3.13. The van der Waals surface area contributed by atoms with Gasteiger partial charge in [-0.2, -0.15) is 0 Å². The van der Waals surface area contributed by atoms with Crippen molar-refractivity contribution in [2.24, 2.45) is 7.05 Å². The fourth-order valence-electron chi connectivity index (χ4n) is 3.77. The summed E-state index contributed by atoms with van der Waals surface area (Å²) in [6.07, 6.45) is 5.44. The van der Waals surface area contributed by atoms with Gasteiger partial charge in [-0.25, -0.2) is 4.79 Å². The molecule has 2 aromatic rings. The Morgan fingerprint density at radius 1 is 1.39 bits per heavy atom. The molecule has 1 atom stereocenters. The second-order valence-electron chi connectivity index (χ2n) is 6.57. The quantitative estimate of drug-likeness (QED) is 0.925. The Morgan fingerprint density at radius 3 is 3.13 bits per heavy atom. The number of nitrogens with zero attached hydrogens (tertiary/aromatic N) is 2. The number of urea groups is 1. The Bertz CT molecular complexity index is 731. The zero-order chi connectivity index (χ0) is 15.8. The van der Waals surface area contributed by atoms with Crippen LogP contribution in [0.4, 0.5) is 4.79 Å². The lowest BCUT2D eigenvalue weighted by atomic mass is 10.1. The molecule has 5 heteroatoms. The average molecular weight is 313 g/mol. The molecule has 0 spiro atoms. The van der Waals surface area contributed by atoms with Crippen molar-refractivity contribution in [2.45, 2.75) is 31.9 Å². The minimum absolute atomic E-state index is 0.0204. The molecule has 0 bridgehead atoms. The zero-order valence-electron chi connectivity index (χ0n) is 13.5. The van der Waals surface area contributed by atoms with Crippen LogP contribution < -0.4 is 5.32 Å². The van der Waals surface area contributed by atoms with Gasteiger partial charge in [0.2, 0.25) is 0 Å². The maximum atomic E-state index is 12.5. The molecule has 2 amide bonds. The van der Waals surface area contributed by atoms with Crippen molar-refractivity contribution in [1.29, 1.82) is 0 Å². The van der Waals surface area contributed by atoms with Crippen molar-refractivity contribution >= 4 is 16.9 Å². The fourth-order valence-corrected chi connectivity index (χ4v) is 3.77. The van der Waals surface area contributed by atoms with Crippen LogP contribution in [0.2, 0.25) is 0 Å². The number of hydrogen-bond donors (Lipinski definition) is 1. The largest absolute Gasteiger partial charge is 0.376 e. The standard InChI is InChI=1S/C18H23N3O2/c1-20-11-14-7-8-21(12-13-4-2-6-16(20)17(13)14)18(22)19-10-15-5-3-9-23-15/h2,4,6,11,15H,3,5,7-10,12H2,1H3,(H,19,22). The van der Waals surface area contributed by atoms with E-state index in [4.69, 9.17) is 4.74 Å². The Kier molecular flexibility index (Phi) is 3.73. The van der Waals surface area contributed by atoms with E-state index in [1.807, 2.05) is 4.90 Å². The summed E-state index contributed by atoms with van der Waals surface area (Å²) in [5, 5.41) is 4.36. The summed E-state index contributed by atoms with van der Waals surface area (Å²) in [6, 6.07) is 6.38. The number of hydrogen-bond acceptors (Lipinski definition) is 2. The molecule has 1 N–H and O–H groups in total. The fraction of sp³-hybridized carbons (Fsp3) is 0.500. The second-order valence-corrected chi connectivity index (χ2v) is 6.57. The van der Waals surface area contributed by atoms with E-state index in [0.717, 1.165) is 32.4 Å². The lowest BCUT2D eigenvalue weighted by molar-refractivity contribution is 0.108. The van der Waals surface area contributed by atoms with Gasteiger partial charge in [-0.05, 0) is 36.5 Å². The van der Waals surface area contributed by atoms with Crippen molar-refractivity contribution in [3.63, 3.8) is 0 Å². The van der Waals surface area contributed by atoms with Crippen LogP contribution in [-0.2, 0) is 24.8 Å². The Morgan fingerprint density at radius 2 is 2.30 bits per heavy atom. The molecule has 0 saturated carbocycles. The summed E-state index contributed by atoms with van der Waals surface area (Å²) >= 11 is 0. The van der Waals surface area contributed by atoms with Crippen LogP contribution in [0.15, 0.2) is 24.4 Å². The summed E-state index contributed by atoms with van der Waals surface area (Å²) in [7, 11) is 2.09. The van der Waals surface area contributed by atoms with E-state index in [0.29, 0.717) is 13.1 Å². The van der Waals surface area contributed by atoms with Gasteiger partial charge in [-0.1, -0.05) is 12.1 Å². The van der Waals surface area contributed by atoms with Crippen LogP contribution in [0, 0.1) is 0 Å². The molecule has 23 heavy (non-hydrogen) atoms. The molecule has 1 fully saturated rings. The number of rotatable bonds is 2. The van der Waals surface area contributed by atoms with Crippen molar-refractivity contribution in [3.05, 3.63) is 35.5 Å². The van der Waals surface area contributed by atoms with E-state index in [2.05, 4.69) is 41.3 Å². The molecule has 1 aromatic carbocycles. The van der Waals surface area contributed by atoms with Crippen molar-refractivity contribution in [1.82, 2.24) is 14.8 Å². The number of nitrogens with one attached hydrogen (secondary N) is 1. The maximum absolute atomic E-state index is 12.5. The van der Waals surface area contributed by atoms with Gasteiger partial charge in [0.1, 0.15) is 0 Å². The van der Waals surface area contributed by atoms with Crippen LogP contribution in [0.5, 0.6) is 0 Å². The number of amides is 2. The number of carbonyl (C=O) groups is 1. The van der Waals surface area contributed by atoms with Crippen molar-refractivity contribution in [2.75, 3.05) is 19.7 Å². The van der Waals surface area contributed by atoms with Crippen LogP contribution in [0.1, 0.15) is 24.0 Å². The van der Waals surface area contributed by atoms with Gasteiger partial charge in [0.15, 0.2) is 0 Å². The minimum Gasteiger partial charge on any atom is -0.376 e. The van der Waals surface area contributed by atoms with Gasteiger partial charge in [0, 0.05) is 50.4 Å². The molecule has 0 aliphatic carbocycles. The first kappa shape index (κ1) is 14.6. The van der Waals surface area contributed by atoms with Gasteiger partial charge in [-0.3, -0.25) is 0 Å². The van der Waals surface area contributed by atoms with E-state index >= 15 is 0 Å². The van der Waals surface area contributed by atoms with Crippen LogP contribution in [0.3, 0.4) is 0 Å². The smallest absolute Gasteiger partial charge is 0.317 e. The molecule has 2 aliphatic heterocycles. The third-order valence-electron chi connectivity index (χ3n) is 4.98. The molecule has 1 unspecified atom stereocenters. The van der Waals surface area contributed by atoms with Gasteiger partial charge < -0.3 is 19.5 Å². The summed E-state index contributed by atoms with van der Waals surface area (Å²) in [6.45, 7) is 2.87. The summed E-state index contributed by atoms with van der Waals surface area (Å²) in [5.74, 6) is 0. The summed E-state index contributed by atoms with van der Waals surface area (Å²) in [4.78, 5) is 14.4. The lowest BCUT2D eigenvalue weighted by Gasteiger charge is -2.22. The Balaban J connectivity index is 1.50. The van der Waals surface area contributed by atoms with E-state index in [9.17, 15) is 4.79 Å². The predicted molar refractivity (Wildman–Crippen MR) is 89.4 cm³/mol. The number of ether oxygens (including phenoxy) is 1. The summed E-state index contributed by atoms with van der Waals surface area (Å²) in [5.41, 5.74) is 3.83. The molecule has 3 heterocycles. The molecule has 0 radical (unpaired) electrons. The van der Waals surface area contributed by atoms with Gasteiger partial charge in [0.05, 0.1) is 6.10 Å². The maximum Gasteiger partial charge on any atom is 0.317 e. The van der Waals surface area contributed by atoms with Crippen LogP contribution >= 0.6 is 0 Å². The predicted octanol–water partition coefficient (Wildman–Crippen LogP) is 2.43. The number of aryl methyl sites for hydroxylation is 1. The molecular weight excluding hydrogens is 290 g/mol. The summed E-state index contributed by atoms with van der Waals surface area (Å²) < 4.78 is 7.76. The molecular formula is C18H23N3O2. The zero-order valence-corrected chi connectivity index (χ0v) is 13.5. The van der Waals surface area contributed by atoms with Crippen molar-refractivity contribution in [3.8, 4) is 0 Å². The van der Waals surface area contributed by atoms with E-state index in [1.54, 1.807) is 0 Å². The van der Waals surface area contributed by atoms with Crippen LogP contribution in [0.25, 0.3) is 10.9 Å². The first-order valence-corrected chi connectivity index (χ1v) is 8.42. The topological polar surface area (TPSA) is 46.5 Å². The van der Waals surface area contributed by atoms with Crippen LogP contribution in [-0.4, -0.2) is 41.3 Å². The third-order valence-corrected chi connectivity index (χ3v) is 4.98. The molecule has 1 aromatic heterocycles. The Labute approximate surface area is 136 Å². The number of benzene rings is 1. The first-order chi connectivity index (χ1) is 11.2.